The van der Waals surface area contributed by atoms with E-state index in [4.69, 9.17) is 4.74 Å². The van der Waals surface area contributed by atoms with Gasteiger partial charge in [-0.3, -0.25) is 5.32 Å². The smallest absolute Gasteiger partial charge is 0.412 e. The molecule has 4 heteroatoms. The molecule has 0 aliphatic rings. The molecule has 1 rings (SSSR count). The summed E-state index contributed by atoms with van der Waals surface area (Å²) < 4.78 is 5.12. The van der Waals surface area contributed by atoms with E-state index in [1.165, 1.54) is 11.3 Å². The van der Waals surface area contributed by atoms with Crippen molar-refractivity contribution in [2.75, 3.05) is 5.32 Å². The van der Waals surface area contributed by atoms with E-state index in [1.54, 1.807) is 0 Å². The normalized spacial score (nSPS) is 11.1. The Morgan fingerprint density at radius 1 is 1.50 bits per heavy atom. The third-order valence-corrected chi connectivity index (χ3v) is 2.41. The number of ether oxygens (including phenoxy) is 1. The Balaban J connectivity index is 2.54. The van der Waals surface area contributed by atoms with Crippen molar-refractivity contribution in [3.63, 3.8) is 0 Å². The van der Waals surface area contributed by atoms with Crippen LogP contribution >= 0.6 is 11.3 Å². The summed E-state index contributed by atoms with van der Waals surface area (Å²) in [6.07, 6.45) is -0.400. The van der Waals surface area contributed by atoms with Crippen LogP contribution < -0.4 is 5.32 Å². The molecule has 0 radical (unpaired) electrons. The van der Waals surface area contributed by atoms with E-state index in [9.17, 15) is 4.79 Å². The molecule has 0 spiro atoms. The fourth-order valence-electron chi connectivity index (χ4n) is 0.897. The highest BCUT2D eigenvalue weighted by Crippen LogP contribution is 2.22. The molecule has 0 bridgehead atoms. The Morgan fingerprint density at radius 3 is 2.57 bits per heavy atom. The quantitative estimate of drug-likeness (QED) is 0.776. The van der Waals surface area contributed by atoms with Crippen LogP contribution in [0.15, 0.2) is 11.4 Å². The summed E-state index contributed by atoms with van der Waals surface area (Å²) in [7, 11) is 0. The van der Waals surface area contributed by atoms with Gasteiger partial charge >= 0.3 is 6.09 Å². The Morgan fingerprint density at radius 2 is 2.14 bits per heavy atom. The minimum atomic E-state index is -0.449. The van der Waals surface area contributed by atoms with Crippen molar-refractivity contribution in [3.8, 4) is 0 Å². The Hall–Kier alpha value is -1.03. The molecule has 0 aliphatic heterocycles. The lowest BCUT2D eigenvalue weighted by Gasteiger charge is -2.19. The highest BCUT2D eigenvalue weighted by atomic mass is 32.1. The minimum Gasteiger partial charge on any atom is -0.444 e. The third kappa shape index (κ3) is 3.38. The number of aryl methyl sites for hydroxylation is 1. The van der Waals surface area contributed by atoms with Gasteiger partial charge in [-0.1, -0.05) is 0 Å². The van der Waals surface area contributed by atoms with Crippen LogP contribution in [-0.4, -0.2) is 11.7 Å². The van der Waals surface area contributed by atoms with E-state index in [-0.39, 0.29) is 0 Å². The number of hydrogen-bond donors (Lipinski definition) is 1. The first-order valence-corrected chi connectivity index (χ1v) is 5.30. The van der Waals surface area contributed by atoms with Crippen molar-refractivity contribution >= 4 is 22.4 Å². The SMILES string of the molecule is Cc1ccsc1NC(=O)OC(C)(C)C. The van der Waals surface area contributed by atoms with E-state index in [2.05, 4.69) is 5.32 Å². The number of rotatable bonds is 1. The van der Waals surface area contributed by atoms with Crippen LogP contribution in [0.3, 0.4) is 0 Å². The molecule has 3 nitrogen and oxygen atoms in total. The van der Waals surface area contributed by atoms with Crippen molar-refractivity contribution in [3.05, 3.63) is 17.0 Å². The lowest BCUT2D eigenvalue weighted by Crippen LogP contribution is -2.27. The van der Waals surface area contributed by atoms with Crippen LogP contribution in [0.25, 0.3) is 0 Å². The van der Waals surface area contributed by atoms with Crippen LogP contribution in [-0.2, 0) is 4.74 Å². The van der Waals surface area contributed by atoms with Crippen LogP contribution in [0.2, 0.25) is 0 Å². The van der Waals surface area contributed by atoms with Gasteiger partial charge in [0, 0.05) is 0 Å². The maximum absolute atomic E-state index is 11.4. The average molecular weight is 213 g/mol. The van der Waals surface area contributed by atoms with E-state index in [0.717, 1.165) is 10.6 Å². The Bertz CT molecular complexity index is 325. The van der Waals surface area contributed by atoms with Gasteiger partial charge in [0.25, 0.3) is 0 Å². The zero-order chi connectivity index (χ0) is 10.8. The molecular weight excluding hydrogens is 198 g/mol. The average Bonchev–Trinajstić information content (AvgIpc) is 2.32. The summed E-state index contributed by atoms with van der Waals surface area (Å²) in [4.78, 5) is 11.4. The number of anilines is 1. The van der Waals surface area contributed by atoms with E-state index >= 15 is 0 Å². The van der Waals surface area contributed by atoms with Gasteiger partial charge in [-0.15, -0.1) is 11.3 Å². The van der Waals surface area contributed by atoms with Gasteiger partial charge in [0.1, 0.15) is 10.6 Å². The molecule has 0 unspecified atom stereocenters. The minimum absolute atomic E-state index is 0.400. The molecule has 0 saturated heterocycles. The van der Waals surface area contributed by atoms with Gasteiger partial charge in [0.05, 0.1) is 0 Å². The molecule has 1 N–H and O–H groups in total. The second-order valence-electron chi connectivity index (χ2n) is 4.06. The fraction of sp³-hybridized carbons (Fsp3) is 0.500. The highest BCUT2D eigenvalue weighted by molar-refractivity contribution is 7.14. The molecule has 14 heavy (non-hydrogen) atoms. The number of carbonyl (C=O) groups is 1. The monoisotopic (exact) mass is 213 g/mol. The molecule has 0 fully saturated rings. The third-order valence-electron chi connectivity index (χ3n) is 1.48. The Labute approximate surface area is 88.1 Å². The summed E-state index contributed by atoms with van der Waals surface area (Å²) in [5.74, 6) is 0. The highest BCUT2D eigenvalue weighted by Gasteiger charge is 2.16. The molecular formula is C10H15NO2S. The number of carbonyl (C=O) groups excluding carboxylic acids is 1. The number of thiophene rings is 1. The summed E-state index contributed by atoms with van der Waals surface area (Å²) in [6.45, 7) is 7.47. The molecule has 1 heterocycles. The van der Waals surface area contributed by atoms with Crippen molar-refractivity contribution in [1.29, 1.82) is 0 Å². The van der Waals surface area contributed by atoms with Crippen molar-refractivity contribution in [2.24, 2.45) is 0 Å². The first-order valence-electron chi connectivity index (χ1n) is 4.42. The number of nitrogens with one attached hydrogen (secondary N) is 1. The van der Waals surface area contributed by atoms with Gasteiger partial charge in [-0.05, 0) is 44.7 Å². The molecule has 0 saturated carbocycles. The lowest BCUT2D eigenvalue weighted by atomic mass is 10.2. The van der Waals surface area contributed by atoms with Gasteiger partial charge in [0.2, 0.25) is 0 Å². The maximum Gasteiger partial charge on any atom is 0.412 e. The first-order chi connectivity index (χ1) is 6.38. The second-order valence-corrected chi connectivity index (χ2v) is 4.98. The van der Waals surface area contributed by atoms with Crippen molar-refractivity contribution < 1.29 is 9.53 Å². The zero-order valence-electron chi connectivity index (χ0n) is 8.88. The van der Waals surface area contributed by atoms with Crippen LogP contribution in [0, 0.1) is 6.92 Å². The largest absolute Gasteiger partial charge is 0.444 e. The maximum atomic E-state index is 11.4. The second kappa shape index (κ2) is 4.00. The number of amides is 1. The summed E-state index contributed by atoms with van der Waals surface area (Å²) in [6, 6.07) is 1.96. The molecule has 78 valence electrons. The Kier molecular flexibility index (Phi) is 3.16. The predicted octanol–water partition coefficient (Wildman–Crippen LogP) is 3.40. The van der Waals surface area contributed by atoms with Gasteiger partial charge < -0.3 is 4.74 Å². The van der Waals surface area contributed by atoms with Crippen molar-refractivity contribution in [2.45, 2.75) is 33.3 Å². The molecule has 1 aromatic rings. The number of hydrogen-bond acceptors (Lipinski definition) is 3. The topological polar surface area (TPSA) is 38.3 Å². The van der Waals surface area contributed by atoms with Gasteiger partial charge in [-0.25, -0.2) is 4.79 Å². The standard InChI is InChI=1S/C10H15NO2S/c1-7-5-6-14-8(7)11-9(12)13-10(2,3)4/h5-6H,1-4H3,(H,11,12). The zero-order valence-corrected chi connectivity index (χ0v) is 9.70. The van der Waals surface area contributed by atoms with Crippen LogP contribution in [0.4, 0.5) is 9.80 Å². The van der Waals surface area contributed by atoms with Gasteiger partial charge in [-0.2, -0.15) is 0 Å². The molecule has 0 atom stereocenters. The molecule has 1 amide bonds. The summed E-state index contributed by atoms with van der Waals surface area (Å²) in [5.41, 5.74) is 0.607. The van der Waals surface area contributed by atoms with E-state index in [0.29, 0.717) is 0 Å². The van der Waals surface area contributed by atoms with Crippen LogP contribution in [0.5, 0.6) is 0 Å². The summed E-state index contributed by atoms with van der Waals surface area (Å²) >= 11 is 1.49. The van der Waals surface area contributed by atoms with E-state index < -0.39 is 11.7 Å². The molecule has 0 aliphatic carbocycles. The van der Waals surface area contributed by atoms with Crippen LogP contribution in [0.1, 0.15) is 26.3 Å². The predicted molar refractivity (Wildman–Crippen MR) is 58.9 cm³/mol. The van der Waals surface area contributed by atoms with E-state index in [1.807, 2.05) is 39.1 Å². The lowest BCUT2D eigenvalue weighted by molar-refractivity contribution is 0.0636. The van der Waals surface area contributed by atoms with Gasteiger partial charge in [0.15, 0.2) is 0 Å². The van der Waals surface area contributed by atoms with Crippen molar-refractivity contribution in [1.82, 2.24) is 0 Å². The summed E-state index contributed by atoms with van der Waals surface area (Å²) in [5, 5.41) is 5.48. The molecule has 0 aromatic carbocycles. The fourth-order valence-corrected chi connectivity index (χ4v) is 1.70. The first kappa shape index (κ1) is 11.0. The molecule has 1 aromatic heterocycles.